The lowest BCUT2D eigenvalue weighted by Crippen LogP contribution is -2.59. The van der Waals surface area contributed by atoms with E-state index in [0.29, 0.717) is 6.42 Å². The third kappa shape index (κ3) is 9.19. The zero-order chi connectivity index (χ0) is 27.6. The van der Waals surface area contributed by atoms with Gasteiger partial charge in [0.2, 0.25) is 35.4 Å². The van der Waals surface area contributed by atoms with Crippen molar-refractivity contribution in [3.63, 3.8) is 0 Å². The molecule has 1 saturated heterocycles. The fourth-order valence-electron chi connectivity index (χ4n) is 3.41. The largest absolute Gasteiger partial charge is 0.480 e. The number of carbonyl (C=O) groups excluding carboxylic acids is 6. The summed E-state index contributed by atoms with van der Waals surface area (Å²) in [4.78, 5) is 85.1. The first kappa shape index (κ1) is 31.0. The lowest BCUT2D eigenvalue weighted by atomic mass is 10.1. The van der Waals surface area contributed by atoms with Gasteiger partial charge in [-0.1, -0.05) is 0 Å². The van der Waals surface area contributed by atoms with Crippen molar-refractivity contribution in [2.24, 2.45) is 17.2 Å². The molecule has 1 heterocycles. The van der Waals surface area contributed by atoms with Gasteiger partial charge in [0, 0.05) is 18.1 Å². The first-order valence-electron chi connectivity index (χ1n) is 10.8. The number of aliphatic carboxylic acids is 1. The number of hydrogen-bond donors (Lipinski definition) is 9. The molecule has 1 aliphatic heterocycles. The third-order valence-electron chi connectivity index (χ3n) is 5.23. The van der Waals surface area contributed by atoms with Crippen LogP contribution in [0.15, 0.2) is 0 Å². The fourth-order valence-corrected chi connectivity index (χ4v) is 3.92. The maximum Gasteiger partial charge on any atom is 0.326 e. The van der Waals surface area contributed by atoms with E-state index in [1.807, 2.05) is 0 Å². The molecule has 1 fully saturated rings. The average Bonchev–Trinajstić information content (AvgIpc) is 3.28. The van der Waals surface area contributed by atoms with E-state index in [-0.39, 0.29) is 24.5 Å². The molecule has 0 bridgehead atoms. The number of carboxylic acids is 1. The Labute approximate surface area is 217 Å². The molecule has 0 aliphatic carbocycles. The molecule has 36 heavy (non-hydrogen) atoms. The van der Waals surface area contributed by atoms with Crippen molar-refractivity contribution in [1.29, 1.82) is 0 Å². The first-order valence-corrected chi connectivity index (χ1v) is 12.1. The number of likely N-dealkylation sites (tertiary alicyclic amines) is 1. The predicted molar refractivity (Wildman–Crippen MR) is 131 cm³/mol. The summed E-state index contributed by atoms with van der Waals surface area (Å²) >= 11 is 8.08. The van der Waals surface area contributed by atoms with Gasteiger partial charge in [0.05, 0.1) is 18.9 Å². The Bertz CT molecular complexity index is 890. The van der Waals surface area contributed by atoms with Crippen LogP contribution >= 0.6 is 25.3 Å². The number of amides is 6. The Morgan fingerprint density at radius 2 is 1.42 bits per heavy atom. The van der Waals surface area contributed by atoms with Crippen LogP contribution in [0.4, 0.5) is 0 Å². The van der Waals surface area contributed by atoms with Crippen LogP contribution in [-0.2, 0) is 33.6 Å². The van der Waals surface area contributed by atoms with Crippen LogP contribution in [0.5, 0.6) is 0 Å². The van der Waals surface area contributed by atoms with Gasteiger partial charge in [0.25, 0.3) is 0 Å². The van der Waals surface area contributed by atoms with E-state index in [0.717, 1.165) is 0 Å². The van der Waals surface area contributed by atoms with Crippen molar-refractivity contribution >= 4 is 66.7 Å². The van der Waals surface area contributed by atoms with Crippen LogP contribution in [0.3, 0.4) is 0 Å². The lowest BCUT2D eigenvalue weighted by molar-refractivity contribution is -0.144. The van der Waals surface area contributed by atoms with Crippen molar-refractivity contribution in [2.45, 2.75) is 55.9 Å². The summed E-state index contributed by atoms with van der Waals surface area (Å²) in [5.41, 5.74) is 15.6. The first-order chi connectivity index (χ1) is 16.8. The summed E-state index contributed by atoms with van der Waals surface area (Å²) in [7, 11) is 0. The van der Waals surface area contributed by atoms with Gasteiger partial charge in [-0.3, -0.25) is 28.8 Å². The maximum atomic E-state index is 13.0. The number of nitrogens with zero attached hydrogens (tertiary/aromatic N) is 1. The number of carboxylic acid groups (broad SMARTS) is 1. The highest BCUT2D eigenvalue weighted by Gasteiger charge is 2.39. The molecule has 15 nitrogen and oxygen atoms in total. The molecule has 0 spiro atoms. The molecule has 0 saturated carbocycles. The molecule has 0 radical (unpaired) electrons. The second kappa shape index (κ2) is 14.5. The minimum atomic E-state index is -1.60. The van der Waals surface area contributed by atoms with Gasteiger partial charge in [-0.05, 0) is 12.8 Å². The molecule has 0 unspecified atom stereocenters. The minimum Gasteiger partial charge on any atom is -0.480 e. The number of carbonyl (C=O) groups is 7. The lowest BCUT2D eigenvalue weighted by Gasteiger charge is -2.29. The van der Waals surface area contributed by atoms with Crippen LogP contribution in [0.25, 0.3) is 0 Å². The normalized spacial score (nSPS) is 18.3. The van der Waals surface area contributed by atoms with Gasteiger partial charge in [0.1, 0.15) is 24.2 Å². The topological polar surface area (TPSA) is 257 Å². The molecule has 0 aromatic rings. The van der Waals surface area contributed by atoms with Crippen molar-refractivity contribution < 1.29 is 38.7 Å². The van der Waals surface area contributed by atoms with Gasteiger partial charge >= 0.3 is 5.97 Å². The van der Waals surface area contributed by atoms with Crippen molar-refractivity contribution in [3.8, 4) is 0 Å². The van der Waals surface area contributed by atoms with Gasteiger partial charge in [-0.25, -0.2) is 4.79 Å². The Morgan fingerprint density at radius 1 is 0.861 bits per heavy atom. The molecular formula is C19H31N7O8S2. The smallest absolute Gasteiger partial charge is 0.326 e. The highest BCUT2D eigenvalue weighted by atomic mass is 32.1. The summed E-state index contributed by atoms with van der Waals surface area (Å²) in [5, 5.41) is 16.1. The van der Waals surface area contributed by atoms with E-state index in [1.165, 1.54) is 4.90 Å². The monoisotopic (exact) mass is 549 g/mol. The zero-order valence-electron chi connectivity index (χ0n) is 19.2. The molecule has 17 heteroatoms. The average molecular weight is 550 g/mol. The standard InChI is InChI=1S/C19H31N7O8S2/c20-8(4-13(21)27)15(29)25-11(7-36)18(32)26-3-1-2-12(26)17(31)24-10(6-35)16(30)23-9(19(33)34)5-14(22)28/h8-12,35-36H,1-7,20H2,(H2,21,27)(H2,22,28)(H,23,30)(H,24,31)(H,25,29)(H,33,34)/t8-,9-,10-,11-,12-/m0/s1. The number of rotatable bonds is 14. The molecule has 0 aromatic carbocycles. The van der Waals surface area contributed by atoms with E-state index in [1.54, 1.807) is 0 Å². The second-order valence-electron chi connectivity index (χ2n) is 8.02. The number of thiol groups is 2. The number of hydrogen-bond acceptors (Lipinski definition) is 10. The number of nitrogens with two attached hydrogens (primary N) is 3. The van der Waals surface area contributed by atoms with Gasteiger partial charge in [-0.2, -0.15) is 25.3 Å². The molecule has 1 rings (SSSR count). The van der Waals surface area contributed by atoms with Crippen molar-refractivity contribution in [1.82, 2.24) is 20.9 Å². The maximum absolute atomic E-state index is 13.0. The zero-order valence-corrected chi connectivity index (χ0v) is 21.0. The van der Waals surface area contributed by atoms with E-state index in [9.17, 15) is 33.6 Å². The molecule has 10 N–H and O–H groups in total. The van der Waals surface area contributed by atoms with Crippen LogP contribution < -0.4 is 33.2 Å². The quantitative estimate of drug-likeness (QED) is 0.0944. The molecule has 6 amide bonds. The fraction of sp³-hybridized carbons (Fsp3) is 0.632. The van der Waals surface area contributed by atoms with Gasteiger partial charge < -0.3 is 43.2 Å². The minimum absolute atomic E-state index is 0.128. The highest BCUT2D eigenvalue weighted by Crippen LogP contribution is 2.19. The number of primary amides is 2. The van der Waals surface area contributed by atoms with Gasteiger partial charge in [-0.15, -0.1) is 0 Å². The van der Waals surface area contributed by atoms with E-state index in [2.05, 4.69) is 41.2 Å². The van der Waals surface area contributed by atoms with E-state index in [4.69, 9.17) is 22.3 Å². The van der Waals surface area contributed by atoms with Gasteiger partial charge in [0.15, 0.2) is 0 Å². The van der Waals surface area contributed by atoms with Crippen LogP contribution in [0, 0.1) is 0 Å². The summed E-state index contributed by atoms with van der Waals surface area (Å²) in [6, 6.07) is -6.29. The summed E-state index contributed by atoms with van der Waals surface area (Å²) in [6.07, 6.45) is -0.370. The van der Waals surface area contributed by atoms with E-state index >= 15 is 0 Å². The predicted octanol–water partition coefficient (Wildman–Crippen LogP) is -4.55. The second-order valence-corrected chi connectivity index (χ2v) is 8.75. The molecule has 1 aliphatic rings. The highest BCUT2D eigenvalue weighted by molar-refractivity contribution is 7.80. The van der Waals surface area contributed by atoms with Crippen molar-refractivity contribution in [3.05, 3.63) is 0 Å². The Kier molecular flexibility index (Phi) is 12.5. The molecule has 5 atom stereocenters. The SMILES string of the molecule is NC(=O)C[C@H](NC(=O)[C@H](CS)NC(=O)[C@@H]1CCCN1C(=O)[C@H](CS)NC(=O)[C@@H](N)CC(N)=O)C(=O)O. The van der Waals surface area contributed by atoms with Crippen molar-refractivity contribution in [2.75, 3.05) is 18.1 Å². The molecule has 0 aromatic heterocycles. The van der Waals surface area contributed by atoms with Crippen LogP contribution in [0.2, 0.25) is 0 Å². The number of nitrogens with one attached hydrogen (secondary N) is 3. The summed E-state index contributed by atoms with van der Waals surface area (Å²) < 4.78 is 0. The molecular weight excluding hydrogens is 518 g/mol. The Morgan fingerprint density at radius 3 is 1.92 bits per heavy atom. The van der Waals surface area contributed by atoms with Crippen LogP contribution in [0.1, 0.15) is 25.7 Å². The Balaban J connectivity index is 2.87. The summed E-state index contributed by atoms with van der Waals surface area (Å²) in [6.45, 7) is 0.182. The van der Waals surface area contributed by atoms with Crippen LogP contribution in [-0.4, -0.2) is 99.7 Å². The Hall–Kier alpha value is -3.05. The molecule has 202 valence electrons. The van der Waals surface area contributed by atoms with E-state index < -0.39 is 84.5 Å². The third-order valence-corrected chi connectivity index (χ3v) is 5.96. The summed E-state index contributed by atoms with van der Waals surface area (Å²) in [5.74, 6) is -6.61.